The van der Waals surface area contributed by atoms with Crippen molar-refractivity contribution in [1.29, 1.82) is 0 Å². The van der Waals surface area contributed by atoms with Gasteiger partial charge in [0.2, 0.25) is 0 Å². The van der Waals surface area contributed by atoms with Crippen LogP contribution in [0.15, 0.2) is 0 Å². The third kappa shape index (κ3) is 29.3. The standard InChI is InChI=1S/C37H74N.BrH/c1-5-9-13-17-20-23-27-31-35-38(34-30-26-16-12-8-4,36-32-28-24-21-18-14-10-6-2)37-33-29-25-22-19-15-11-7-3;/h5-25,27-29,31-37H2,1-4H3;1H/q+1;/p-1. The number of nitrogens with zero attached hydrogens (tertiary/aromatic N) is 1. The van der Waals surface area contributed by atoms with Gasteiger partial charge in [0.05, 0.1) is 19.6 Å². The van der Waals surface area contributed by atoms with Crippen molar-refractivity contribution in [2.75, 3.05) is 26.2 Å². The van der Waals surface area contributed by atoms with E-state index < -0.39 is 0 Å². The summed E-state index contributed by atoms with van der Waals surface area (Å²) in [5.74, 6) is 7.28. The summed E-state index contributed by atoms with van der Waals surface area (Å²) in [6.45, 7) is 14.5. The quantitative estimate of drug-likeness (QED) is 0.0431. The summed E-state index contributed by atoms with van der Waals surface area (Å²) in [7, 11) is 0. The summed E-state index contributed by atoms with van der Waals surface area (Å²) in [6.07, 6.45) is 37.9. The zero-order valence-corrected chi connectivity index (χ0v) is 29.3. The zero-order valence-electron chi connectivity index (χ0n) is 27.7. The highest BCUT2D eigenvalue weighted by Gasteiger charge is 2.25. The van der Waals surface area contributed by atoms with E-state index in [-0.39, 0.29) is 17.0 Å². The molecule has 0 aromatic heterocycles. The monoisotopic (exact) mass is 612 g/mol. The Hall–Kier alpha value is 0. The minimum Gasteiger partial charge on any atom is -1.00 e. The fraction of sp³-hybridized carbons (Fsp3) is 0.946. The summed E-state index contributed by atoms with van der Waals surface area (Å²) in [4.78, 5) is 0. The first kappa shape index (κ1) is 41.1. The van der Waals surface area contributed by atoms with E-state index >= 15 is 0 Å². The average molecular weight is 613 g/mol. The summed E-state index contributed by atoms with van der Waals surface area (Å²) >= 11 is 0. The third-order valence-electron chi connectivity index (χ3n) is 8.65. The van der Waals surface area contributed by atoms with E-state index in [1.165, 1.54) is 191 Å². The molecule has 0 unspecified atom stereocenters. The summed E-state index contributed by atoms with van der Waals surface area (Å²) in [5, 5.41) is 0. The van der Waals surface area contributed by atoms with Gasteiger partial charge in [0.25, 0.3) is 0 Å². The highest BCUT2D eigenvalue weighted by Crippen LogP contribution is 2.19. The molecule has 0 amide bonds. The molecular weight excluding hydrogens is 538 g/mol. The van der Waals surface area contributed by atoms with Gasteiger partial charge < -0.3 is 21.5 Å². The lowest BCUT2D eigenvalue weighted by Gasteiger charge is -2.38. The van der Waals surface area contributed by atoms with Crippen LogP contribution in [0.1, 0.15) is 201 Å². The van der Waals surface area contributed by atoms with Crippen LogP contribution >= 0.6 is 0 Å². The number of unbranched alkanes of at least 4 members (excludes halogenated alkanes) is 23. The van der Waals surface area contributed by atoms with Crippen molar-refractivity contribution in [3.8, 4) is 11.8 Å². The van der Waals surface area contributed by atoms with Gasteiger partial charge in [0.15, 0.2) is 0 Å². The Kier molecular flexibility index (Phi) is 36.1. The molecule has 0 aliphatic carbocycles. The van der Waals surface area contributed by atoms with E-state index in [2.05, 4.69) is 39.5 Å². The predicted molar refractivity (Wildman–Crippen MR) is 175 cm³/mol. The second-order valence-corrected chi connectivity index (χ2v) is 12.6. The lowest BCUT2D eigenvalue weighted by Crippen LogP contribution is -3.00. The van der Waals surface area contributed by atoms with Gasteiger partial charge in [-0.2, -0.15) is 0 Å². The number of halogens is 1. The molecule has 0 fully saturated rings. The second kappa shape index (κ2) is 34.2. The van der Waals surface area contributed by atoms with Gasteiger partial charge in [-0.1, -0.05) is 156 Å². The maximum absolute atomic E-state index is 3.71. The van der Waals surface area contributed by atoms with Gasteiger partial charge in [-0.05, 0) is 50.9 Å². The molecule has 1 nitrogen and oxygen atoms in total. The molecule has 39 heavy (non-hydrogen) atoms. The number of hydrogen-bond donors (Lipinski definition) is 0. The Morgan fingerprint density at radius 3 is 0.923 bits per heavy atom. The van der Waals surface area contributed by atoms with Gasteiger partial charge in [-0.3, -0.25) is 0 Å². The maximum atomic E-state index is 3.71. The molecule has 0 atom stereocenters. The third-order valence-corrected chi connectivity index (χ3v) is 8.65. The van der Waals surface area contributed by atoms with Crippen molar-refractivity contribution in [2.24, 2.45) is 0 Å². The van der Waals surface area contributed by atoms with E-state index in [1.54, 1.807) is 0 Å². The van der Waals surface area contributed by atoms with Gasteiger partial charge in [-0.15, -0.1) is 0 Å². The molecule has 0 saturated carbocycles. The molecule has 234 valence electrons. The SMILES string of the molecule is CCCCC#CC[N+](CCCCCCCCCC)(CCCCCCCCCC)CCCCCCCCCC.[Br-]. The van der Waals surface area contributed by atoms with Crippen molar-refractivity contribution >= 4 is 0 Å². The lowest BCUT2D eigenvalue weighted by atomic mass is 10.0. The smallest absolute Gasteiger partial charge is 0.140 e. The summed E-state index contributed by atoms with van der Waals surface area (Å²) in [5.41, 5.74) is 0. The van der Waals surface area contributed by atoms with Crippen molar-refractivity contribution in [1.82, 2.24) is 0 Å². The molecule has 0 spiro atoms. The molecule has 0 rings (SSSR count). The molecule has 0 bridgehead atoms. The minimum absolute atomic E-state index is 0. The molecule has 0 aliphatic rings. The van der Waals surface area contributed by atoms with Crippen LogP contribution in [0.4, 0.5) is 0 Å². The van der Waals surface area contributed by atoms with Crippen LogP contribution in [-0.2, 0) is 0 Å². The molecule has 2 heteroatoms. The molecule has 0 aromatic rings. The van der Waals surface area contributed by atoms with Crippen LogP contribution in [0.2, 0.25) is 0 Å². The first-order chi connectivity index (χ1) is 18.7. The van der Waals surface area contributed by atoms with Gasteiger partial charge >= 0.3 is 0 Å². The number of quaternary nitrogens is 1. The van der Waals surface area contributed by atoms with E-state index in [1.807, 2.05) is 0 Å². The Morgan fingerprint density at radius 2 is 0.615 bits per heavy atom. The van der Waals surface area contributed by atoms with Crippen molar-refractivity contribution < 1.29 is 21.5 Å². The van der Waals surface area contributed by atoms with Crippen LogP contribution in [0.3, 0.4) is 0 Å². The molecule has 0 aliphatic heterocycles. The Labute approximate surface area is 259 Å². The molecule has 0 aromatic carbocycles. The first-order valence-electron chi connectivity index (χ1n) is 18.1. The lowest BCUT2D eigenvalue weighted by molar-refractivity contribution is -0.922. The van der Waals surface area contributed by atoms with E-state index in [0.717, 1.165) is 13.0 Å². The Morgan fingerprint density at radius 1 is 0.333 bits per heavy atom. The molecule has 0 saturated heterocycles. The molecular formula is C37H74BrN. The van der Waals surface area contributed by atoms with Gasteiger partial charge in [0, 0.05) is 6.42 Å². The van der Waals surface area contributed by atoms with Crippen molar-refractivity contribution in [2.45, 2.75) is 201 Å². The van der Waals surface area contributed by atoms with Crippen LogP contribution in [-0.4, -0.2) is 30.7 Å². The highest BCUT2D eigenvalue weighted by molar-refractivity contribution is 4.99. The van der Waals surface area contributed by atoms with Crippen molar-refractivity contribution in [3.63, 3.8) is 0 Å². The van der Waals surface area contributed by atoms with Gasteiger partial charge in [-0.25, -0.2) is 0 Å². The maximum Gasteiger partial charge on any atom is 0.140 e. The molecule has 0 N–H and O–H groups in total. The topological polar surface area (TPSA) is 0 Å². The van der Waals surface area contributed by atoms with E-state index in [4.69, 9.17) is 0 Å². The summed E-state index contributed by atoms with van der Waals surface area (Å²) < 4.78 is 1.31. The van der Waals surface area contributed by atoms with Gasteiger partial charge in [0.1, 0.15) is 6.54 Å². The van der Waals surface area contributed by atoms with Crippen molar-refractivity contribution in [3.05, 3.63) is 0 Å². The normalized spacial score (nSPS) is 11.3. The minimum atomic E-state index is 0. The molecule has 0 heterocycles. The first-order valence-corrected chi connectivity index (χ1v) is 18.1. The zero-order chi connectivity index (χ0) is 27.8. The largest absolute Gasteiger partial charge is 1.00 e. The van der Waals surface area contributed by atoms with E-state index in [0.29, 0.717) is 0 Å². The van der Waals surface area contributed by atoms with Crippen LogP contribution in [0, 0.1) is 11.8 Å². The highest BCUT2D eigenvalue weighted by atomic mass is 79.9. The fourth-order valence-corrected chi connectivity index (χ4v) is 5.89. The van der Waals surface area contributed by atoms with Crippen LogP contribution in [0.25, 0.3) is 0 Å². The van der Waals surface area contributed by atoms with Crippen LogP contribution < -0.4 is 17.0 Å². The second-order valence-electron chi connectivity index (χ2n) is 12.6. The average Bonchev–Trinajstić information content (AvgIpc) is 2.93. The number of hydrogen-bond acceptors (Lipinski definition) is 0. The Bertz CT molecular complexity index is 455. The fourth-order valence-electron chi connectivity index (χ4n) is 5.89. The van der Waals surface area contributed by atoms with Crippen LogP contribution in [0.5, 0.6) is 0 Å². The summed E-state index contributed by atoms with van der Waals surface area (Å²) in [6, 6.07) is 0. The Balaban J connectivity index is 0. The number of rotatable bonds is 30. The van der Waals surface area contributed by atoms with E-state index in [9.17, 15) is 0 Å². The molecule has 0 radical (unpaired) electrons. The predicted octanol–water partition coefficient (Wildman–Crippen LogP) is 9.42.